The number of aromatic nitrogens is 1. The molecule has 3 aliphatic rings. The van der Waals surface area contributed by atoms with Crippen LogP contribution in [-0.2, 0) is 15.7 Å². The first-order valence-corrected chi connectivity index (χ1v) is 11.7. The third kappa shape index (κ3) is 4.30. The van der Waals surface area contributed by atoms with E-state index in [2.05, 4.69) is 14.8 Å². The quantitative estimate of drug-likeness (QED) is 0.728. The van der Waals surface area contributed by atoms with E-state index >= 15 is 0 Å². The maximum Gasteiger partial charge on any atom is 0.416 e. The molecule has 1 saturated carbocycles. The van der Waals surface area contributed by atoms with E-state index in [1.54, 1.807) is 13.3 Å². The molecule has 3 fully saturated rings. The van der Waals surface area contributed by atoms with Crippen LogP contribution in [0.2, 0.25) is 0 Å². The predicted octanol–water partition coefficient (Wildman–Crippen LogP) is 3.52. The highest BCUT2D eigenvalue weighted by molar-refractivity contribution is 5.48. The number of anilines is 1. The van der Waals surface area contributed by atoms with Crippen LogP contribution in [0.4, 0.5) is 18.9 Å². The van der Waals surface area contributed by atoms with Gasteiger partial charge in [-0.2, -0.15) is 13.2 Å². The number of ether oxygens (including phenoxy) is 2. The van der Waals surface area contributed by atoms with Gasteiger partial charge in [-0.15, -0.1) is 0 Å². The van der Waals surface area contributed by atoms with Gasteiger partial charge in [-0.05, 0) is 55.2 Å². The van der Waals surface area contributed by atoms with E-state index in [4.69, 9.17) is 9.47 Å². The molecule has 1 aliphatic carbocycles. The topological polar surface area (TPSA) is 58.1 Å². The Kier molecular flexibility index (Phi) is 6.31. The van der Waals surface area contributed by atoms with Crippen molar-refractivity contribution in [1.82, 2.24) is 9.88 Å². The van der Waals surface area contributed by atoms with E-state index in [1.165, 1.54) is 12.1 Å². The predicted molar refractivity (Wildman–Crippen MR) is 120 cm³/mol. The molecule has 0 unspecified atom stereocenters. The zero-order chi connectivity index (χ0) is 23.9. The van der Waals surface area contributed by atoms with Gasteiger partial charge in [-0.3, -0.25) is 9.88 Å². The number of hydrogen-bond acceptors (Lipinski definition) is 6. The highest BCUT2D eigenvalue weighted by Crippen LogP contribution is 2.49. The minimum atomic E-state index is -4.33. The average Bonchev–Trinajstić information content (AvgIpc) is 3.15. The van der Waals surface area contributed by atoms with Crippen LogP contribution in [0, 0.1) is 5.92 Å². The number of methoxy groups -OCH3 is 1. The van der Waals surface area contributed by atoms with Gasteiger partial charge in [-0.1, -0.05) is 6.07 Å². The van der Waals surface area contributed by atoms with Crippen molar-refractivity contribution in [2.75, 3.05) is 44.8 Å². The normalized spacial score (nSPS) is 32.6. The lowest BCUT2D eigenvalue weighted by Gasteiger charge is -2.48. The molecule has 2 saturated heterocycles. The monoisotopic (exact) mass is 477 g/mol. The summed E-state index contributed by atoms with van der Waals surface area (Å²) in [5, 5.41) is 11.8. The number of pyridine rings is 1. The van der Waals surface area contributed by atoms with E-state index in [-0.39, 0.29) is 30.8 Å². The Bertz CT molecular complexity index is 967. The van der Waals surface area contributed by atoms with E-state index in [0.29, 0.717) is 32.6 Å². The lowest BCUT2D eigenvalue weighted by molar-refractivity contribution is -0.175. The maximum absolute atomic E-state index is 12.9. The molecule has 5 rings (SSSR count). The molecule has 0 radical (unpaired) electrons. The largest absolute Gasteiger partial charge is 0.416 e. The molecule has 0 spiro atoms. The van der Waals surface area contributed by atoms with Crippen molar-refractivity contribution in [3.05, 3.63) is 59.9 Å². The second kappa shape index (κ2) is 9.11. The molecule has 1 aromatic heterocycles. The summed E-state index contributed by atoms with van der Waals surface area (Å²) in [7, 11) is 1.69. The minimum absolute atomic E-state index is 0.0381. The van der Waals surface area contributed by atoms with Gasteiger partial charge in [0.05, 0.1) is 36.1 Å². The van der Waals surface area contributed by atoms with Crippen molar-refractivity contribution in [2.24, 2.45) is 5.92 Å². The Morgan fingerprint density at radius 3 is 2.41 bits per heavy atom. The summed E-state index contributed by atoms with van der Waals surface area (Å²) < 4.78 is 50.6. The van der Waals surface area contributed by atoms with Crippen LogP contribution in [0.1, 0.15) is 30.2 Å². The van der Waals surface area contributed by atoms with Gasteiger partial charge in [0.25, 0.3) is 0 Å². The van der Waals surface area contributed by atoms with Crippen LogP contribution < -0.4 is 4.90 Å². The molecule has 9 heteroatoms. The van der Waals surface area contributed by atoms with E-state index in [0.717, 1.165) is 29.9 Å². The number of hydrogen-bond donors (Lipinski definition) is 1. The van der Waals surface area contributed by atoms with Crippen LogP contribution in [-0.4, -0.2) is 72.6 Å². The van der Waals surface area contributed by atoms with Crippen LogP contribution in [0.25, 0.3) is 0 Å². The number of halogens is 3. The second-order valence-corrected chi connectivity index (χ2v) is 9.50. The third-order valence-corrected chi connectivity index (χ3v) is 7.69. The first-order chi connectivity index (χ1) is 16.3. The van der Waals surface area contributed by atoms with E-state index in [9.17, 15) is 18.3 Å². The molecular formula is C25H30F3N3O3. The number of aliphatic hydroxyl groups is 1. The van der Waals surface area contributed by atoms with Gasteiger partial charge >= 0.3 is 6.18 Å². The Balaban J connectivity index is 1.26. The average molecular weight is 478 g/mol. The number of alkyl halides is 3. The van der Waals surface area contributed by atoms with Crippen molar-refractivity contribution >= 4 is 5.69 Å². The minimum Gasteiger partial charge on any atom is -0.385 e. The molecule has 1 aromatic carbocycles. The summed E-state index contributed by atoms with van der Waals surface area (Å²) in [6, 6.07) is 10.9. The van der Waals surface area contributed by atoms with Gasteiger partial charge in [0.2, 0.25) is 0 Å². The van der Waals surface area contributed by atoms with E-state index in [1.807, 2.05) is 18.2 Å². The van der Waals surface area contributed by atoms with Gasteiger partial charge in [-0.25, -0.2) is 0 Å². The lowest BCUT2D eigenvalue weighted by Crippen LogP contribution is -2.63. The van der Waals surface area contributed by atoms with E-state index < -0.39 is 17.3 Å². The first-order valence-electron chi connectivity index (χ1n) is 11.7. The number of piperazine rings is 1. The Morgan fingerprint density at radius 2 is 1.79 bits per heavy atom. The molecule has 0 bridgehead atoms. The van der Waals surface area contributed by atoms with Crippen LogP contribution in [0.15, 0.2) is 48.7 Å². The van der Waals surface area contributed by atoms with Crippen molar-refractivity contribution < 1.29 is 27.8 Å². The van der Waals surface area contributed by atoms with Gasteiger partial charge in [0.15, 0.2) is 0 Å². The highest BCUT2D eigenvalue weighted by atomic mass is 19.4. The van der Waals surface area contributed by atoms with Gasteiger partial charge < -0.3 is 19.5 Å². The number of rotatable bonds is 4. The Hall–Kier alpha value is -2.20. The summed E-state index contributed by atoms with van der Waals surface area (Å²) in [5.74, 6) is 0.0381. The fourth-order valence-electron chi connectivity index (χ4n) is 5.91. The molecule has 1 N–H and O–H groups in total. The van der Waals surface area contributed by atoms with Crippen LogP contribution in [0.3, 0.4) is 0 Å². The molecule has 34 heavy (non-hydrogen) atoms. The number of fused-ring (bicyclic) bond motifs is 1. The summed E-state index contributed by atoms with van der Waals surface area (Å²) in [6.07, 6.45) is -1.39. The van der Waals surface area contributed by atoms with Crippen molar-refractivity contribution in [2.45, 2.75) is 42.9 Å². The SMILES string of the molecule is CO[C@H]1C[C@@H]2C[C@H](c3ccccn3)OC[C@]2(O)[C@@H]1N1CCN(c2ccc(C(F)(F)F)cc2)CC1. The van der Waals surface area contributed by atoms with Crippen molar-refractivity contribution in [3.63, 3.8) is 0 Å². The maximum atomic E-state index is 12.9. The summed E-state index contributed by atoms with van der Waals surface area (Å²) >= 11 is 0. The molecule has 184 valence electrons. The van der Waals surface area contributed by atoms with Crippen LogP contribution >= 0.6 is 0 Å². The Labute approximate surface area is 197 Å². The zero-order valence-electron chi connectivity index (χ0n) is 19.1. The molecular weight excluding hydrogens is 447 g/mol. The highest BCUT2D eigenvalue weighted by Gasteiger charge is 2.59. The second-order valence-electron chi connectivity index (χ2n) is 9.50. The molecule has 2 aliphatic heterocycles. The Morgan fingerprint density at radius 1 is 1.06 bits per heavy atom. The van der Waals surface area contributed by atoms with Gasteiger partial charge in [0.1, 0.15) is 5.60 Å². The molecule has 2 aromatic rings. The summed E-state index contributed by atoms with van der Waals surface area (Å²) in [4.78, 5) is 8.78. The standard InChI is InChI=1S/C25H30F3N3O3/c1-33-22-15-18-14-21(20-4-2-3-9-29-20)34-16-24(18,32)23(22)31-12-10-30(11-13-31)19-7-5-17(6-8-19)25(26,27)28/h2-9,18,21-23,32H,10-16H2,1H3/t18-,21+,22-,23+,24+/m0/s1. The molecule has 6 nitrogen and oxygen atoms in total. The smallest absolute Gasteiger partial charge is 0.385 e. The third-order valence-electron chi connectivity index (χ3n) is 7.69. The van der Waals surface area contributed by atoms with Crippen LogP contribution in [0.5, 0.6) is 0 Å². The molecule has 5 atom stereocenters. The molecule has 0 amide bonds. The van der Waals surface area contributed by atoms with Crippen molar-refractivity contribution in [3.8, 4) is 0 Å². The molecule has 3 heterocycles. The fourth-order valence-corrected chi connectivity index (χ4v) is 5.91. The number of nitrogens with zero attached hydrogens (tertiary/aromatic N) is 3. The van der Waals surface area contributed by atoms with Crippen molar-refractivity contribution in [1.29, 1.82) is 0 Å². The van der Waals surface area contributed by atoms with Gasteiger partial charge in [0, 0.05) is 45.2 Å². The summed E-state index contributed by atoms with van der Waals surface area (Å²) in [5.41, 5.74) is 0.00582. The lowest BCUT2D eigenvalue weighted by atomic mass is 9.81. The number of benzene rings is 1. The fraction of sp³-hybridized carbons (Fsp3) is 0.560. The first kappa shape index (κ1) is 23.5. The zero-order valence-corrected chi connectivity index (χ0v) is 19.1. The summed E-state index contributed by atoms with van der Waals surface area (Å²) in [6.45, 7) is 2.92.